The minimum Gasteiger partial charge on any atom is -0.510 e. The van der Waals surface area contributed by atoms with Gasteiger partial charge in [-0.1, -0.05) is 29.8 Å². The average Bonchev–Trinajstić information content (AvgIpc) is 3.08. The van der Waals surface area contributed by atoms with Crippen molar-refractivity contribution in [2.24, 2.45) is 0 Å². The maximum absolute atomic E-state index is 10.4. The van der Waals surface area contributed by atoms with Crippen LogP contribution in [0.25, 0.3) is 16.8 Å². The van der Waals surface area contributed by atoms with E-state index in [0.29, 0.717) is 36.1 Å². The highest BCUT2D eigenvalue weighted by atomic mass is 32.1. The fourth-order valence-corrected chi connectivity index (χ4v) is 3.94. The Morgan fingerprint density at radius 2 is 2.00 bits per heavy atom. The van der Waals surface area contributed by atoms with Crippen LogP contribution < -0.4 is 0 Å². The van der Waals surface area contributed by atoms with E-state index in [1.165, 1.54) is 16.9 Å². The molecule has 6 heteroatoms. The van der Waals surface area contributed by atoms with Crippen LogP contribution in [0.2, 0.25) is 0 Å². The number of amidine groups is 1. The summed E-state index contributed by atoms with van der Waals surface area (Å²) in [6.07, 6.45) is 0.824. The quantitative estimate of drug-likeness (QED) is 0.766. The van der Waals surface area contributed by atoms with E-state index in [9.17, 15) is 5.11 Å². The Morgan fingerprint density at radius 1 is 1.28 bits per heavy atom. The number of nitrogens with zero attached hydrogens (tertiary/aromatic N) is 2. The van der Waals surface area contributed by atoms with Gasteiger partial charge >= 0.3 is 0 Å². The molecular weight excluding hydrogens is 334 g/mol. The molecule has 0 atom stereocenters. The fraction of sp³-hybridized carbons (Fsp3) is 0.368. The second-order valence-corrected chi connectivity index (χ2v) is 7.43. The molecule has 2 N–H and O–H groups in total. The molecule has 0 saturated heterocycles. The summed E-state index contributed by atoms with van der Waals surface area (Å²) < 4.78 is 5.07. The highest BCUT2D eigenvalue weighted by Gasteiger charge is 2.30. The molecule has 1 aliphatic rings. The molecule has 2 heterocycles. The fourth-order valence-electron chi connectivity index (χ4n) is 2.93. The van der Waals surface area contributed by atoms with Gasteiger partial charge in [0.1, 0.15) is 16.6 Å². The van der Waals surface area contributed by atoms with Crippen molar-refractivity contribution in [2.75, 3.05) is 26.8 Å². The van der Waals surface area contributed by atoms with E-state index in [4.69, 9.17) is 15.1 Å². The molecule has 132 valence electrons. The van der Waals surface area contributed by atoms with Crippen LogP contribution in [-0.4, -0.2) is 47.6 Å². The monoisotopic (exact) mass is 357 g/mol. The maximum atomic E-state index is 10.4. The molecule has 0 unspecified atom stereocenters. The van der Waals surface area contributed by atoms with Gasteiger partial charge in [0.05, 0.1) is 17.8 Å². The Kier molecular flexibility index (Phi) is 5.20. The van der Waals surface area contributed by atoms with Crippen molar-refractivity contribution in [2.45, 2.75) is 20.3 Å². The molecule has 0 spiro atoms. The van der Waals surface area contributed by atoms with Crippen LogP contribution in [0.15, 0.2) is 30.0 Å². The van der Waals surface area contributed by atoms with Crippen LogP contribution in [0.5, 0.6) is 0 Å². The molecule has 0 amide bonds. The third kappa shape index (κ3) is 3.60. The van der Waals surface area contributed by atoms with E-state index in [0.717, 1.165) is 22.6 Å². The molecular formula is C19H23N3O2S. The molecule has 5 nitrogen and oxygen atoms in total. The lowest BCUT2D eigenvalue weighted by Crippen LogP contribution is -2.28. The molecule has 0 bridgehead atoms. The number of aliphatic hydroxyl groups excluding tert-OH is 1. The Hall–Kier alpha value is -2.18. The van der Waals surface area contributed by atoms with E-state index in [2.05, 4.69) is 31.2 Å². The Bertz CT molecular complexity index is 809. The van der Waals surface area contributed by atoms with Crippen LogP contribution in [0.3, 0.4) is 0 Å². The highest BCUT2D eigenvalue weighted by molar-refractivity contribution is 7.13. The van der Waals surface area contributed by atoms with Crippen molar-refractivity contribution in [3.05, 3.63) is 45.5 Å². The molecule has 1 aromatic heterocycles. The van der Waals surface area contributed by atoms with E-state index in [1.807, 2.05) is 11.8 Å². The summed E-state index contributed by atoms with van der Waals surface area (Å²) in [7, 11) is 1.67. The molecule has 1 aromatic carbocycles. The van der Waals surface area contributed by atoms with Crippen LogP contribution >= 0.6 is 11.3 Å². The molecule has 25 heavy (non-hydrogen) atoms. The third-order valence-electron chi connectivity index (χ3n) is 4.29. The molecule has 0 fully saturated rings. The van der Waals surface area contributed by atoms with Gasteiger partial charge in [-0.15, -0.1) is 11.3 Å². The number of hydrogen-bond donors (Lipinski definition) is 2. The SMILES string of the molecule is COCCCN1CC(O)=C(c2nc(-c3ccc(C)cc3)c(C)s2)C1=N. The first kappa shape index (κ1) is 17.6. The van der Waals surface area contributed by atoms with Gasteiger partial charge < -0.3 is 14.7 Å². The molecule has 3 rings (SSSR count). The van der Waals surface area contributed by atoms with E-state index < -0.39 is 0 Å². The zero-order chi connectivity index (χ0) is 18.0. The summed E-state index contributed by atoms with van der Waals surface area (Å²) in [4.78, 5) is 7.69. The summed E-state index contributed by atoms with van der Waals surface area (Å²) in [6.45, 7) is 5.80. The Labute approximate surface area is 152 Å². The van der Waals surface area contributed by atoms with Gasteiger partial charge in [0.25, 0.3) is 0 Å². The van der Waals surface area contributed by atoms with Crippen molar-refractivity contribution < 1.29 is 9.84 Å². The molecule has 1 aliphatic heterocycles. The van der Waals surface area contributed by atoms with Gasteiger partial charge in [-0.25, -0.2) is 4.98 Å². The van der Waals surface area contributed by atoms with E-state index in [1.54, 1.807) is 7.11 Å². The number of aryl methyl sites for hydroxylation is 2. The summed E-state index contributed by atoms with van der Waals surface area (Å²) in [5.74, 6) is 0.574. The van der Waals surface area contributed by atoms with Crippen molar-refractivity contribution in [3.8, 4) is 11.3 Å². The van der Waals surface area contributed by atoms with Crippen molar-refractivity contribution in [1.29, 1.82) is 5.41 Å². The average molecular weight is 357 g/mol. The number of aliphatic hydroxyl groups is 1. The zero-order valence-corrected chi connectivity index (χ0v) is 15.6. The van der Waals surface area contributed by atoms with E-state index >= 15 is 0 Å². The van der Waals surface area contributed by atoms with Gasteiger partial charge in [-0.05, 0) is 20.3 Å². The second kappa shape index (κ2) is 7.37. The maximum Gasteiger partial charge on any atom is 0.135 e. The summed E-state index contributed by atoms with van der Waals surface area (Å²) in [6, 6.07) is 8.26. The summed E-state index contributed by atoms with van der Waals surface area (Å²) in [5.41, 5.74) is 3.75. The number of thiazole rings is 1. The third-order valence-corrected chi connectivity index (χ3v) is 5.28. The van der Waals surface area contributed by atoms with Gasteiger partial charge in [0.15, 0.2) is 0 Å². The Balaban J connectivity index is 1.85. The number of ether oxygens (including phenoxy) is 1. The van der Waals surface area contributed by atoms with Gasteiger partial charge in [0, 0.05) is 30.7 Å². The first-order valence-electron chi connectivity index (χ1n) is 8.31. The summed E-state index contributed by atoms with van der Waals surface area (Å²) in [5, 5.41) is 19.5. The topological polar surface area (TPSA) is 69.4 Å². The predicted molar refractivity (Wildman–Crippen MR) is 102 cm³/mol. The first-order chi connectivity index (χ1) is 12.0. The first-order valence-corrected chi connectivity index (χ1v) is 9.12. The van der Waals surface area contributed by atoms with Crippen molar-refractivity contribution in [3.63, 3.8) is 0 Å². The lowest BCUT2D eigenvalue weighted by molar-refractivity contribution is 0.186. The van der Waals surface area contributed by atoms with Crippen LogP contribution in [0.1, 0.15) is 21.9 Å². The standard InChI is InChI=1S/C19H23N3O2S/c1-12-5-7-14(8-6-12)17-13(2)25-19(21-17)16-15(23)11-22(18(16)20)9-4-10-24-3/h5-8,20,23H,4,9-11H2,1-3H3. The minimum absolute atomic E-state index is 0.228. The van der Waals surface area contributed by atoms with Crippen molar-refractivity contribution in [1.82, 2.24) is 9.88 Å². The van der Waals surface area contributed by atoms with Crippen molar-refractivity contribution >= 4 is 22.7 Å². The number of methoxy groups -OCH3 is 1. The lowest BCUT2D eigenvalue weighted by Gasteiger charge is -2.17. The predicted octanol–water partition coefficient (Wildman–Crippen LogP) is 4.03. The van der Waals surface area contributed by atoms with E-state index in [-0.39, 0.29) is 5.76 Å². The van der Waals surface area contributed by atoms with Crippen LogP contribution in [0, 0.1) is 19.3 Å². The van der Waals surface area contributed by atoms with Crippen LogP contribution in [0.4, 0.5) is 0 Å². The summed E-state index contributed by atoms with van der Waals surface area (Å²) >= 11 is 1.53. The largest absolute Gasteiger partial charge is 0.510 e. The molecule has 0 aliphatic carbocycles. The Morgan fingerprint density at radius 3 is 2.68 bits per heavy atom. The molecule has 0 radical (unpaired) electrons. The number of rotatable bonds is 6. The minimum atomic E-state index is 0.228. The smallest absolute Gasteiger partial charge is 0.135 e. The number of hydrogen-bond acceptors (Lipinski definition) is 5. The number of aromatic nitrogens is 1. The molecule has 0 saturated carbocycles. The normalized spacial score (nSPS) is 14.7. The van der Waals surface area contributed by atoms with Crippen LogP contribution in [-0.2, 0) is 4.74 Å². The zero-order valence-electron chi connectivity index (χ0n) is 14.8. The number of benzene rings is 1. The van der Waals surface area contributed by atoms with Gasteiger partial charge in [0.2, 0.25) is 0 Å². The number of nitrogens with one attached hydrogen (secondary N) is 1. The molecule has 2 aromatic rings. The van der Waals surface area contributed by atoms with Gasteiger partial charge in [-0.2, -0.15) is 0 Å². The second-order valence-electron chi connectivity index (χ2n) is 6.23. The lowest BCUT2D eigenvalue weighted by atomic mass is 10.1. The van der Waals surface area contributed by atoms with Gasteiger partial charge in [-0.3, -0.25) is 5.41 Å². The highest BCUT2D eigenvalue weighted by Crippen LogP contribution is 2.35.